The van der Waals surface area contributed by atoms with Crippen LogP contribution in [0, 0.1) is 29.1 Å². The van der Waals surface area contributed by atoms with Crippen LogP contribution in [0.2, 0.25) is 0 Å². The van der Waals surface area contributed by atoms with E-state index in [9.17, 15) is 0 Å². The Bertz CT molecular complexity index is 240. The van der Waals surface area contributed by atoms with E-state index in [2.05, 4.69) is 111 Å². The van der Waals surface area contributed by atoms with Crippen LogP contribution in [-0.2, 0) is 0 Å². The van der Waals surface area contributed by atoms with Crippen molar-refractivity contribution in [1.29, 1.82) is 0 Å². The van der Waals surface area contributed by atoms with Crippen molar-refractivity contribution in [2.24, 2.45) is 29.1 Å². The Labute approximate surface area is 204 Å². The Morgan fingerprint density at radius 2 is 0.839 bits per heavy atom. The van der Waals surface area contributed by atoms with Crippen LogP contribution in [0.3, 0.4) is 0 Å². The first kappa shape index (κ1) is 41.3. The highest BCUT2D eigenvalue weighted by Crippen LogP contribution is 2.16. The fourth-order valence-corrected chi connectivity index (χ4v) is 1.54. The first-order chi connectivity index (χ1) is 14.2. The van der Waals surface area contributed by atoms with E-state index in [1.165, 1.54) is 64.2 Å². The first-order valence-electron chi connectivity index (χ1n) is 14.2. The third kappa shape index (κ3) is 72.6. The molecule has 0 rings (SSSR count). The van der Waals surface area contributed by atoms with Gasteiger partial charge in [0, 0.05) is 0 Å². The lowest BCUT2D eigenvalue weighted by atomic mass is 9.94. The molecule has 196 valence electrons. The summed E-state index contributed by atoms with van der Waals surface area (Å²) in [5.41, 5.74) is 0.542. The molecule has 0 heterocycles. The van der Waals surface area contributed by atoms with Gasteiger partial charge in [-0.25, -0.2) is 0 Å². The van der Waals surface area contributed by atoms with E-state index in [1.54, 1.807) is 0 Å². The molecule has 0 N–H and O–H groups in total. The normalized spacial score (nSPS) is 10.5. The molecule has 0 heteroatoms. The van der Waals surface area contributed by atoms with E-state index < -0.39 is 0 Å². The molecule has 0 atom stereocenters. The maximum atomic E-state index is 2.28. The lowest BCUT2D eigenvalue weighted by Gasteiger charge is -2.12. The van der Waals surface area contributed by atoms with E-state index in [0.29, 0.717) is 5.41 Å². The minimum Gasteiger partial charge on any atom is -0.0654 e. The summed E-state index contributed by atoms with van der Waals surface area (Å²) in [5.74, 6) is 3.54. The summed E-state index contributed by atoms with van der Waals surface area (Å²) >= 11 is 0. The lowest BCUT2D eigenvalue weighted by Crippen LogP contribution is -2.00. The van der Waals surface area contributed by atoms with Crippen LogP contribution in [0.4, 0.5) is 0 Å². The van der Waals surface area contributed by atoms with Crippen LogP contribution >= 0.6 is 0 Å². The van der Waals surface area contributed by atoms with E-state index in [4.69, 9.17) is 0 Å². The summed E-state index contributed by atoms with van der Waals surface area (Å²) < 4.78 is 0. The minimum absolute atomic E-state index is 0.542. The third-order valence-corrected chi connectivity index (χ3v) is 5.86. The molecule has 0 aromatic heterocycles. The molecule has 0 nitrogen and oxygen atoms in total. The van der Waals surface area contributed by atoms with Gasteiger partial charge in [0.25, 0.3) is 0 Å². The molecule has 0 amide bonds. The molecule has 0 saturated heterocycles. The number of hydrogen-bond acceptors (Lipinski definition) is 0. The van der Waals surface area contributed by atoms with Crippen molar-refractivity contribution in [2.75, 3.05) is 0 Å². The summed E-state index contributed by atoms with van der Waals surface area (Å²) in [6.07, 6.45) is 13.6. The SMILES string of the molecule is CC(C)C(C)C.CCC(C)(C)C.CCC(C)CC.CCCC(C)C.CCCCCCC. The quantitative estimate of drug-likeness (QED) is 0.310. The van der Waals surface area contributed by atoms with Crippen LogP contribution in [0.25, 0.3) is 0 Å². The van der Waals surface area contributed by atoms with Gasteiger partial charge >= 0.3 is 0 Å². The van der Waals surface area contributed by atoms with E-state index in [0.717, 1.165) is 23.7 Å². The van der Waals surface area contributed by atoms with Crippen molar-refractivity contribution >= 4 is 0 Å². The van der Waals surface area contributed by atoms with Gasteiger partial charge in [0.05, 0.1) is 0 Å². The summed E-state index contributed by atoms with van der Waals surface area (Å²) in [6.45, 7) is 35.9. The van der Waals surface area contributed by atoms with Gasteiger partial charge in [-0.2, -0.15) is 0 Å². The first-order valence-corrected chi connectivity index (χ1v) is 14.2. The van der Waals surface area contributed by atoms with Crippen LogP contribution in [0.5, 0.6) is 0 Å². The molecule has 0 aliphatic carbocycles. The molecule has 0 saturated carbocycles. The van der Waals surface area contributed by atoms with Gasteiger partial charge in [-0.15, -0.1) is 0 Å². The highest BCUT2D eigenvalue weighted by Gasteiger charge is 2.03. The van der Waals surface area contributed by atoms with Crippen molar-refractivity contribution < 1.29 is 0 Å². The Morgan fingerprint density at radius 1 is 0.516 bits per heavy atom. The topological polar surface area (TPSA) is 0 Å². The predicted molar refractivity (Wildman–Crippen MR) is 153 cm³/mol. The van der Waals surface area contributed by atoms with Gasteiger partial charge in [0.2, 0.25) is 0 Å². The van der Waals surface area contributed by atoms with Crippen molar-refractivity contribution in [3.63, 3.8) is 0 Å². The zero-order valence-corrected chi connectivity index (χ0v) is 25.9. The molecule has 0 aromatic rings. The molecule has 0 radical (unpaired) electrons. The second-order valence-electron chi connectivity index (χ2n) is 11.6. The van der Waals surface area contributed by atoms with Gasteiger partial charge in [0.15, 0.2) is 0 Å². The molecule has 0 aliphatic rings. The maximum Gasteiger partial charge on any atom is -0.0385 e. The summed E-state index contributed by atoms with van der Waals surface area (Å²) in [5, 5.41) is 0. The Balaban J connectivity index is -0.0000000910. The highest BCUT2D eigenvalue weighted by atomic mass is 14.1. The van der Waals surface area contributed by atoms with Gasteiger partial charge in [-0.1, -0.05) is 175 Å². The van der Waals surface area contributed by atoms with E-state index >= 15 is 0 Å². The minimum atomic E-state index is 0.542. The van der Waals surface area contributed by atoms with Crippen LogP contribution in [-0.4, -0.2) is 0 Å². The number of hydrogen-bond donors (Lipinski definition) is 0. The fourth-order valence-electron chi connectivity index (χ4n) is 1.54. The molecule has 31 heavy (non-hydrogen) atoms. The van der Waals surface area contributed by atoms with Gasteiger partial charge in [-0.3, -0.25) is 0 Å². The Kier molecular flexibility index (Phi) is 42.8. The molecular weight excluding hydrogens is 372 g/mol. The van der Waals surface area contributed by atoms with Crippen LogP contribution < -0.4 is 0 Å². The average Bonchev–Trinajstić information content (AvgIpc) is 2.69. The Hall–Kier alpha value is 0. The van der Waals surface area contributed by atoms with Crippen molar-refractivity contribution in [1.82, 2.24) is 0 Å². The summed E-state index contributed by atoms with van der Waals surface area (Å²) in [4.78, 5) is 0. The summed E-state index contributed by atoms with van der Waals surface area (Å²) in [7, 11) is 0. The van der Waals surface area contributed by atoms with Crippen LogP contribution in [0.1, 0.15) is 175 Å². The largest absolute Gasteiger partial charge is 0.0654 e. The third-order valence-electron chi connectivity index (χ3n) is 5.86. The summed E-state index contributed by atoms with van der Waals surface area (Å²) in [6, 6.07) is 0. The highest BCUT2D eigenvalue weighted by molar-refractivity contribution is 4.55. The second kappa shape index (κ2) is 32.2. The lowest BCUT2D eigenvalue weighted by molar-refractivity contribution is 0.398. The number of unbranched alkanes of at least 4 members (excludes halogenated alkanes) is 4. The van der Waals surface area contributed by atoms with Gasteiger partial charge in [0.1, 0.15) is 0 Å². The van der Waals surface area contributed by atoms with Crippen molar-refractivity contribution in [3.8, 4) is 0 Å². The van der Waals surface area contributed by atoms with Crippen molar-refractivity contribution in [3.05, 3.63) is 0 Å². The number of rotatable bonds is 9. The standard InChI is InChI=1S/C7H16.4C6H14/c1-3-5-7-6-4-2;1-5-6(2,3)4;1-5(2)6(3)4;1-4-5-6(2)3;1-4-6(3)5-2/h3-7H2,1-2H3;5H2,1-4H3;5-6H,1-4H3;2*6H,4-5H2,1-3H3. The molecule has 0 aliphatic heterocycles. The van der Waals surface area contributed by atoms with Gasteiger partial charge in [-0.05, 0) is 29.1 Å². The van der Waals surface area contributed by atoms with E-state index in [-0.39, 0.29) is 0 Å². The predicted octanol–water partition coefficient (Wildman–Crippen LogP) is 12.6. The van der Waals surface area contributed by atoms with E-state index in [1.807, 2.05) is 0 Å². The second-order valence-corrected chi connectivity index (χ2v) is 11.6. The fraction of sp³-hybridized carbons (Fsp3) is 1.00. The zero-order chi connectivity index (χ0) is 25.9. The van der Waals surface area contributed by atoms with Gasteiger partial charge < -0.3 is 0 Å². The molecule has 0 bridgehead atoms. The average molecular weight is 445 g/mol. The molecular formula is C31H72. The van der Waals surface area contributed by atoms with Crippen LogP contribution in [0.15, 0.2) is 0 Å². The monoisotopic (exact) mass is 445 g/mol. The maximum absolute atomic E-state index is 2.28. The zero-order valence-electron chi connectivity index (χ0n) is 25.9. The molecule has 0 fully saturated rings. The Morgan fingerprint density at radius 3 is 0.903 bits per heavy atom. The molecule has 0 spiro atoms. The smallest absolute Gasteiger partial charge is 0.0385 e. The van der Waals surface area contributed by atoms with Crippen molar-refractivity contribution in [2.45, 2.75) is 175 Å². The molecule has 0 aromatic carbocycles. The molecule has 0 unspecified atom stereocenters.